The second-order valence-electron chi connectivity index (χ2n) is 11.1. The van der Waals surface area contributed by atoms with Crippen molar-refractivity contribution in [2.75, 3.05) is 52.3 Å². The predicted octanol–water partition coefficient (Wildman–Crippen LogP) is 3.56. The predicted molar refractivity (Wildman–Crippen MR) is 139 cm³/mol. The van der Waals surface area contributed by atoms with E-state index in [0.29, 0.717) is 19.6 Å². The van der Waals surface area contributed by atoms with Crippen molar-refractivity contribution in [2.24, 2.45) is 5.41 Å². The third-order valence-corrected chi connectivity index (χ3v) is 6.90. The number of aromatic nitrogens is 1. The highest BCUT2D eigenvalue weighted by Crippen LogP contribution is 2.50. The van der Waals surface area contributed by atoms with Crippen molar-refractivity contribution >= 4 is 17.9 Å². The van der Waals surface area contributed by atoms with Gasteiger partial charge in [-0.1, -0.05) is 6.07 Å². The topological polar surface area (TPSA) is 102 Å². The van der Waals surface area contributed by atoms with Crippen LogP contribution in [0.4, 0.5) is 10.6 Å². The van der Waals surface area contributed by atoms with E-state index in [2.05, 4.69) is 27.7 Å². The molecule has 3 rings (SSSR count). The average molecular weight is 505 g/mol. The van der Waals surface area contributed by atoms with Crippen LogP contribution < -0.4 is 10.6 Å². The van der Waals surface area contributed by atoms with Gasteiger partial charge in [-0.25, -0.2) is 14.6 Å². The number of fused-ring (bicyclic) bond motifs is 1. The maximum Gasteiger partial charge on any atom is 0.408 e. The van der Waals surface area contributed by atoms with Gasteiger partial charge in [0.1, 0.15) is 17.5 Å². The summed E-state index contributed by atoms with van der Waals surface area (Å²) in [6.45, 7) is 9.31. The Kier molecular flexibility index (Phi) is 9.96. The molecule has 1 aromatic heterocycles. The molecule has 9 nitrogen and oxygen atoms in total. The number of nitrogens with one attached hydrogen (secondary N) is 2. The van der Waals surface area contributed by atoms with Crippen LogP contribution in [0.25, 0.3) is 0 Å². The number of carbonyl (C=O) groups is 2. The molecule has 1 fully saturated rings. The molecule has 2 heterocycles. The van der Waals surface area contributed by atoms with Gasteiger partial charge in [0.15, 0.2) is 0 Å². The van der Waals surface area contributed by atoms with Crippen molar-refractivity contribution < 1.29 is 23.8 Å². The highest BCUT2D eigenvalue weighted by atomic mass is 16.6. The number of nitrogens with zero attached hydrogens (tertiary/aromatic N) is 2. The van der Waals surface area contributed by atoms with Crippen molar-refractivity contribution in [3.63, 3.8) is 0 Å². The van der Waals surface area contributed by atoms with Gasteiger partial charge in [-0.2, -0.15) is 0 Å². The van der Waals surface area contributed by atoms with E-state index in [9.17, 15) is 9.59 Å². The summed E-state index contributed by atoms with van der Waals surface area (Å²) in [5.74, 6) is 0.581. The van der Waals surface area contributed by atoms with Crippen LogP contribution in [0.5, 0.6) is 0 Å². The number of amides is 1. The molecule has 2 aliphatic rings. The van der Waals surface area contributed by atoms with Crippen LogP contribution in [0, 0.1) is 5.41 Å². The quantitative estimate of drug-likeness (QED) is 0.393. The molecule has 0 saturated heterocycles. The fraction of sp³-hybridized carbons (Fsp3) is 0.741. The fourth-order valence-corrected chi connectivity index (χ4v) is 4.68. The van der Waals surface area contributed by atoms with Gasteiger partial charge in [-0.15, -0.1) is 0 Å². The lowest BCUT2D eigenvalue weighted by atomic mass is 9.97. The first-order valence-electron chi connectivity index (χ1n) is 13.1. The Morgan fingerprint density at radius 1 is 1.22 bits per heavy atom. The van der Waals surface area contributed by atoms with Gasteiger partial charge in [0.2, 0.25) is 0 Å². The largest absolute Gasteiger partial charge is 0.467 e. The Hall–Kier alpha value is -2.39. The molecule has 1 aliphatic heterocycles. The number of pyridine rings is 1. The first kappa shape index (κ1) is 28.2. The Bertz CT molecular complexity index is 881. The Morgan fingerprint density at radius 3 is 2.67 bits per heavy atom. The number of ether oxygens (including phenoxy) is 3. The van der Waals surface area contributed by atoms with E-state index >= 15 is 0 Å². The molecule has 1 saturated carbocycles. The monoisotopic (exact) mass is 504 g/mol. The normalized spacial score (nSPS) is 17.1. The maximum atomic E-state index is 12.4. The van der Waals surface area contributed by atoms with Crippen molar-refractivity contribution in [3.8, 4) is 0 Å². The maximum absolute atomic E-state index is 12.4. The molecule has 1 aliphatic carbocycles. The molecule has 1 aromatic rings. The van der Waals surface area contributed by atoms with E-state index in [1.165, 1.54) is 31.9 Å². The molecule has 0 unspecified atom stereocenters. The number of methoxy groups -OCH3 is 2. The standard InChI is InChI=1S/C27H44N4O5/c1-26(2,3)36-25(33)30-22(24(32)35-5)11-16-31(17-18-34-4)19-27(13-14-27)12-10-21-9-8-20-7-6-15-28-23(20)29-21/h8-9,22H,6-7,10-19H2,1-5H3,(H,28,29)(H,30,33)/t22-/m0/s1. The SMILES string of the molecule is COCCN(CC[C@H](NC(=O)OC(C)(C)C)C(=O)OC)CC1(CCc2ccc3c(n2)NCCC3)CC1. The Balaban J connectivity index is 1.56. The third kappa shape index (κ3) is 8.92. The zero-order valence-electron chi connectivity index (χ0n) is 22.7. The lowest BCUT2D eigenvalue weighted by Crippen LogP contribution is -2.46. The van der Waals surface area contributed by atoms with E-state index in [1.807, 2.05) is 0 Å². The second kappa shape index (κ2) is 12.7. The van der Waals surface area contributed by atoms with E-state index in [1.54, 1.807) is 27.9 Å². The van der Waals surface area contributed by atoms with Gasteiger partial charge in [-0.05, 0) is 82.8 Å². The minimum Gasteiger partial charge on any atom is -0.467 e. The second-order valence-corrected chi connectivity index (χ2v) is 11.1. The number of carbonyl (C=O) groups excluding carboxylic acids is 2. The third-order valence-electron chi connectivity index (χ3n) is 6.90. The molecule has 0 radical (unpaired) electrons. The van der Waals surface area contributed by atoms with Crippen LogP contribution in [-0.2, 0) is 31.8 Å². The molecule has 1 atom stereocenters. The van der Waals surface area contributed by atoms with E-state index < -0.39 is 23.7 Å². The number of esters is 1. The number of rotatable bonds is 13. The highest BCUT2D eigenvalue weighted by Gasteiger charge is 2.43. The summed E-state index contributed by atoms with van der Waals surface area (Å²) < 4.78 is 15.6. The van der Waals surface area contributed by atoms with Gasteiger partial charge < -0.3 is 29.7 Å². The van der Waals surface area contributed by atoms with Crippen molar-refractivity contribution in [1.82, 2.24) is 15.2 Å². The van der Waals surface area contributed by atoms with Crippen LogP contribution in [-0.4, -0.2) is 80.6 Å². The van der Waals surface area contributed by atoms with Crippen LogP contribution >= 0.6 is 0 Å². The first-order chi connectivity index (χ1) is 17.1. The van der Waals surface area contributed by atoms with E-state index in [0.717, 1.165) is 50.4 Å². The van der Waals surface area contributed by atoms with Gasteiger partial charge in [0, 0.05) is 39.0 Å². The Labute approximate surface area is 215 Å². The molecule has 2 N–H and O–H groups in total. The van der Waals surface area contributed by atoms with Crippen molar-refractivity contribution in [3.05, 3.63) is 23.4 Å². The zero-order chi connectivity index (χ0) is 26.2. The average Bonchev–Trinajstić information content (AvgIpc) is 3.61. The van der Waals surface area contributed by atoms with Gasteiger partial charge in [0.05, 0.1) is 13.7 Å². The number of hydrogen-bond donors (Lipinski definition) is 2. The molecular weight excluding hydrogens is 460 g/mol. The number of aryl methyl sites for hydroxylation is 2. The van der Waals surface area contributed by atoms with Crippen molar-refractivity contribution in [1.29, 1.82) is 0 Å². The molecule has 36 heavy (non-hydrogen) atoms. The van der Waals surface area contributed by atoms with E-state index in [-0.39, 0.29) is 5.41 Å². The molecule has 202 valence electrons. The first-order valence-corrected chi connectivity index (χ1v) is 13.1. The van der Waals surface area contributed by atoms with Gasteiger partial charge in [-0.3, -0.25) is 0 Å². The van der Waals surface area contributed by atoms with Gasteiger partial charge >= 0.3 is 12.1 Å². The molecule has 0 aromatic carbocycles. The lowest BCUT2D eigenvalue weighted by Gasteiger charge is -2.29. The fourth-order valence-electron chi connectivity index (χ4n) is 4.68. The summed E-state index contributed by atoms with van der Waals surface area (Å²) in [7, 11) is 3.03. The summed E-state index contributed by atoms with van der Waals surface area (Å²) in [6.07, 6.45) is 6.50. The van der Waals surface area contributed by atoms with Crippen LogP contribution in [0.1, 0.15) is 64.1 Å². The van der Waals surface area contributed by atoms with Crippen LogP contribution in [0.2, 0.25) is 0 Å². The summed E-state index contributed by atoms with van der Waals surface area (Å²) in [5, 5.41) is 6.11. The molecular formula is C27H44N4O5. The number of hydrogen-bond acceptors (Lipinski definition) is 8. The molecule has 9 heteroatoms. The minimum absolute atomic E-state index is 0.262. The summed E-state index contributed by atoms with van der Waals surface area (Å²) in [4.78, 5) is 31.8. The summed E-state index contributed by atoms with van der Waals surface area (Å²) in [6, 6.07) is 3.63. The summed E-state index contributed by atoms with van der Waals surface area (Å²) >= 11 is 0. The summed E-state index contributed by atoms with van der Waals surface area (Å²) in [5.41, 5.74) is 2.08. The van der Waals surface area contributed by atoms with Crippen LogP contribution in [0.15, 0.2) is 12.1 Å². The van der Waals surface area contributed by atoms with Crippen molar-refractivity contribution in [2.45, 2.75) is 77.4 Å². The smallest absolute Gasteiger partial charge is 0.408 e. The van der Waals surface area contributed by atoms with Crippen LogP contribution in [0.3, 0.4) is 0 Å². The number of alkyl carbamates (subject to hydrolysis) is 1. The molecule has 0 bridgehead atoms. The molecule has 0 spiro atoms. The zero-order valence-corrected chi connectivity index (χ0v) is 22.7. The highest BCUT2D eigenvalue weighted by molar-refractivity contribution is 5.81. The lowest BCUT2D eigenvalue weighted by molar-refractivity contribution is -0.143. The number of anilines is 1. The molecule has 1 amide bonds. The van der Waals surface area contributed by atoms with E-state index in [4.69, 9.17) is 19.2 Å². The Morgan fingerprint density at radius 2 is 2.00 bits per heavy atom. The van der Waals surface area contributed by atoms with Gasteiger partial charge in [0.25, 0.3) is 0 Å². The minimum atomic E-state index is -0.766.